The van der Waals surface area contributed by atoms with Crippen LogP contribution in [0.1, 0.15) is 45.2 Å². The Morgan fingerprint density at radius 3 is 2.41 bits per heavy atom. The van der Waals surface area contributed by atoms with Crippen LogP contribution in [0.15, 0.2) is 47.1 Å². The van der Waals surface area contributed by atoms with Crippen LogP contribution in [0.5, 0.6) is 0 Å². The molecule has 1 aliphatic heterocycles. The average molecular weight is 441 g/mol. The van der Waals surface area contributed by atoms with Gasteiger partial charge in [0.25, 0.3) is 11.8 Å². The van der Waals surface area contributed by atoms with Gasteiger partial charge in [0.1, 0.15) is 11.6 Å². The summed E-state index contributed by atoms with van der Waals surface area (Å²) in [5.74, 6) is -2.47. The smallest absolute Gasteiger partial charge is 0.329 e. The lowest BCUT2D eigenvalue weighted by Crippen LogP contribution is -2.61. The number of anilines is 2. The van der Waals surface area contributed by atoms with Crippen LogP contribution >= 0.6 is 0 Å². The lowest BCUT2D eigenvalue weighted by Gasteiger charge is -2.42. The van der Waals surface area contributed by atoms with E-state index in [1.165, 1.54) is 24.2 Å². The molecule has 0 unspecified atom stereocenters. The summed E-state index contributed by atoms with van der Waals surface area (Å²) in [6.07, 6.45) is 0.162. The fourth-order valence-electron chi connectivity index (χ4n) is 3.44. The van der Waals surface area contributed by atoms with E-state index in [-0.39, 0.29) is 17.6 Å². The van der Waals surface area contributed by atoms with Gasteiger partial charge in [-0.2, -0.15) is 0 Å². The Bertz CT molecular complexity index is 1030. The predicted molar refractivity (Wildman–Crippen MR) is 117 cm³/mol. The highest BCUT2D eigenvalue weighted by Gasteiger charge is 2.45. The second-order valence-corrected chi connectivity index (χ2v) is 8.46. The van der Waals surface area contributed by atoms with Gasteiger partial charge < -0.3 is 19.8 Å². The minimum atomic E-state index is -1.20. The molecule has 0 spiro atoms. The van der Waals surface area contributed by atoms with Crippen molar-refractivity contribution in [3.05, 3.63) is 48.4 Å². The Balaban J connectivity index is 1.78. The number of fused-ring (bicyclic) bond motifs is 1. The van der Waals surface area contributed by atoms with E-state index in [0.717, 1.165) is 0 Å². The second-order valence-electron chi connectivity index (χ2n) is 8.46. The van der Waals surface area contributed by atoms with Crippen LogP contribution in [-0.4, -0.2) is 41.4 Å². The number of para-hydroxylation sites is 2. The molecule has 1 aromatic carbocycles. The molecule has 9 heteroatoms. The molecular formula is C23H27N3O6. The maximum Gasteiger partial charge on any atom is 0.329 e. The van der Waals surface area contributed by atoms with Gasteiger partial charge >= 0.3 is 5.97 Å². The largest absolute Gasteiger partial charge is 0.459 e. The summed E-state index contributed by atoms with van der Waals surface area (Å²) in [6, 6.07) is 8.95. The summed E-state index contributed by atoms with van der Waals surface area (Å²) < 4.78 is 10.5. The summed E-state index contributed by atoms with van der Waals surface area (Å²) in [6.45, 7) is 8.16. The first-order chi connectivity index (χ1) is 15.0. The number of hydrogen-bond donors (Lipinski definition) is 2. The minimum Gasteiger partial charge on any atom is -0.459 e. The van der Waals surface area contributed by atoms with Crippen molar-refractivity contribution < 1.29 is 28.3 Å². The fraction of sp³-hybridized carbons (Fsp3) is 0.391. The quantitative estimate of drug-likeness (QED) is 0.666. The zero-order chi connectivity index (χ0) is 23.6. The summed E-state index contributed by atoms with van der Waals surface area (Å²) in [5, 5.41) is 5.37. The number of amides is 3. The topological polar surface area (TPSA) is 118 Å². The third-order valence-corrected chi connectivity index (χ3v) is 5.32. The minimum absolute atomic E-state index is 0.0604. The van der Waals surface area contributed by atoms with Crippen molar-refractivity contribution in [2.24, 2.45) is 5.92 Å². The van der Waals surface area contributed by atoms with Crippen molar-refractivity contribution >= 4 is 35.1 Å². The molecule has 32 heavy (non-hydrogen) atoms. The van der Waals surface area contributed by atoms with Crippen LogP contribution in [0.2, 0.25) is 0 Å². The van der Waals surface area contributed by atoms with E-state index in [4.69, 9.17) is 9.15 Å². The van der Waals surface area contributed by atoms with Crippen LogP contribution < -0.4 is 15.5 Å². The summed E-state index contributed by atoms with van der Waals surface area (Å²) >= 11 is 0. The van der Waals surface area contributed by atoms with Gasteiger partial charge in [-0.3, -0.25) is 19.3 Å². The zero-order valence-electron chi connectivity index (χ0n) is 18.7. The molecule has 2 heterocycles. The maximum atomic E-state index is 13.3. The summed E-state index contributed by atoms with van der Waals surface area (Å²) in [4.78, 5) is 52.4. The van der Waals surface area contributed by atoms with E-state index in [0.29, 0.717) is 11.4 Å². The normalized spacial score (nSPS) is 16.6. The van der Waals surface area contributed by atoms with Crippen LogP contribution in [0.3, 0.4) is 0 Å². The summed E-state index contributed by atoms with van der Waals surface area (Å²) in [7, 11) is 0. The van der Waals surface area contributed by atoms with Gasteiger partial charge in [0.15, 0.2) is 11.9 Å². The molecule has 0 radical (unpaired) electrons. The highest BCUT2D eigenvalue weighted by atomic mass is 16.5. The molecule has 9 nitrogen and oxygen atoms in total. The number of nitrogens with one attached hydrogen (secondary N) is 2. The number of ether oxygens (including phenoxy) is 1. The highest BCUT2D eigenvalue weighted by molar-refractivity contribution is 6.15. The average Bonchev–Trinajstić information content (AvgIpc) is 3.27. The zero-order valence-corrected chi connectivity index (χ0v) is 18.7. The van der Waals surface area contributed by atoms with Gasteiger partial charge in [-0.05, 0) is 51.0 Å². The Hall–Kier alpha value is -3.62. The van der Waals surface area contributed by atoms with Gasteiger partial charge in [-0.1, -0.05) is 26.0 Å². The van der Waals surface area contributed by atoms with E-state index in [2.05, 4.69) is 10.6 Å². The molecule has 0 bridgehead atoms. The first kappa shape index (κ1) is 23.1. The molecule has 0 saturated heterocycles. The molecule has 3 amide bonds. The van der Waals surface area contributed by atoms with Gasteiger partial charge in [0.2, 0.25) is 5.91 Å². The number of rotatable bonds is 6. The molecule has 1 aliphatic rings. The molecule has 0 saturated carbocycles. The van der Waals surface area contributed by atoms with E-state index < -0.39 is 35.5 Å². The Kier molecular flexibility index (Phi) is 6.38. The number of carbonyl (C=O) groups is 4. The molecule has 170 valence electrons. The van der Waals surface area contributed by atoms with E-state index >= 15 is 0 Å². The third-order valence-electron chi connectivity index (χ3n) is 5.32. The lowest BCUT2D eigenvalue weighted by atomic mass is 9.95. The summed E-state index contributed by atoms with van der Waals surface area (Å²) in [5.41, 5.74) is -0.192. The van der Waals surface area contributed by atoms with Gasteiger partial charge in [-0.25, -0.2) is 4.79 Å². The SMILES string of the molecule is CC(C)[C@@H](NC(=O)c1ccco1)C(=O)O[C@H](C)C(=O)N1c2ccccc2NC(=O)C1(C)C. The molecule has 2 N–H and O–H groups in total. The Morgan fingerprint density at radius 2 is 1.78 bits per heavy atom. The number of nitrogens with zero attached hydrogens (tertiary/aromatic N) is 1. The highest BCUT2D eigenvalue weighted by Crippen LogP contribution is 2.37. The van der Waals surface area contributed by atoms with E-state index in [1.54, 1.807) is 58.0 Å². The lowest BCUT2D eigenvalue weighted by molar-refractivity contribution is -0.157. The van der Waals surface area contributed by atoms with Crippen LogP contribution in [-0.2, 0) is 19.1 Å². The van der Waals surface area contributed by atoms with Crippen molar-refractivity contribution in [1.29, 1.82) is 0 Å². The van der Waals surface area contributed by atoms with Crippen molar-refractivity contribution in [2.45, 2.75) is 52.3 Å². The molecule has 2 atom stereocenters. The second kappa shape index (κ2) is 8.86. The van der Waals surface area contributed by atoms with Gasteiger partial charge in [0, 0.05) is 0 Å². The molecule has 0 fully saturated rings. The fourth-order valence-corrected chi connectivity index (χ4v) is 3.44. The first-order valence-electron chi connectivity index (χ1n) is 10.3. The number of furan rings is 1. The van der Waals surface area contributed by atoms with Crippen molar-refractivity contribution in [3.63, 3.8) is 0 Å². The molecule has 2 aromatic rings. The van der Waals surface area contributed by atoms with Crippen LogP contribution in [0, 0.1) is 5.92 Å². The van der Waals surface area contributed by atoms with Gasteiger partial charge in [-0.15, -0.1) is 0 Å². The first-order valence-corrected chi connectivity index (χ1v) is 10.3. The number of esters is 1. The van der Waals surface area contributed by atoms with E-state index in [9.17, 15) is 19.2 Å². The monoisotopic (exact) mass is 441 g/mol. The molecular weight excluding hydrogens is 414 g/mol. The van der Waals surface area contributed by atoms with Gasteiger partial charge in [0.05, 0.1) is 17.6 Å². The van der Waals surface area contributed by atoms with Crippen molar-refractivity contribution in [1.82, 2.24) is 5.32 Å². The Morgan fingerprint density at radius 1 is 1.09 bits per heavy atom. The predicted octanol–water partition coefficient (Wildman–Crippen LogP) is 2.73. The molecule has 1 aromatic heterocycles. The number of hydrogen-bond acceptors (Lipinski definition) is 6. The number of benzene rings is 1. The standard InChI is InChI=1S/C23H27N3O6/c1-13(2)18(25-19(27)17-11-8-12-31-17)21(29)32-14(3)20(28)26-16-10-7-6-9-15(16)24-22(30)23(26,4)5/h6-14,18H,1-5H3,(H,24,30)(H,25,27)/t14-,18-/m1/s1. The third kappa shape index (κ3) is 4.37. The van der Waals surface area contributed by atoms with Crippen LogP contribution in [0.25, 0.3) is 0 Å². The van der Waals surface area contributed by atoms with E-state index in [1.807, 2.05) is 0 Å². The van der Waals surface area contributed by atoms with Crippen LogP contribution in [0.4, 0.5) is 11.4 Å². The van der Waals surface area contributed by atoms with Crippen molar-refractivity contribution in [2.75, 3.05) is 10.2 Å². The maximum absolute atomic E-state index is 13.3. The number of carbonyl (C=O) groups excluding carboxylic acids is 4. The molecule has 0 aliphatic carbocycles. The molecule has 3 rings (SSSR count). The Labute approximate surface area is 186 Å². The van der Waals surface area contributed by atoms with Crippen molar-refractivity contribution in [3.8, 4) is 0 Å².